The zero-order valence-corrected chi connectivity index (χ0v) is 22.5. The molecular weight excluding hydrogens is 420 g/mol. The highest BCUT2D eigenvalue weighted by Crippen LogP contribution is 2.15. The third kappa shape index (κ3) is 14.1. The number of piperidine rings is 2. The number of rotatable bonds is 4. The van der Waals surface area contributed by atoms with Crippen LogP contribution in [0.5, 0.6) is 0 Å². The minimum atomic E-state index is -0.459. The van der Waals surface area contributed by atoms with E-state index in [9.17, 15) is 14.4 Å². The fourth-order valence-electron chi connectivity index (χ4n) is 3.23. The molecule has 0 aromatic carbocycles. The number of nitrogens with one attached hydrogen (secondary N) is 3. The molecule has 0 atom stereocenters. The van der Waals surface area contributed by atoms with Gasteiger partial charge in [-0.1, -0.05) is 41.5 Å². The summed E-state index contributed by atoms with van der Waals surface area (Å²) in [6.07, 6.45) is 3.45. The second kappa shape index (κ2) is 15.9. The minimum absolute atomic E-state index is 0.00360. The maximum absolute atomic E-state index is 11.9. The molecule has 0 bridgehead atoms. The standard InChI is InChI=1S/C14H26N2O3.C9H18N2O.C2H6/c1-10(2)12(17)15-11-6-8-16(9-7-11)13(18)19-14(3,4)5;1-7(2)9(12)11-8-3-5-10-6-4-8;1-2/h10-11H,6-9H2,1-5H3,(H,15,17);7-8,10H,3-6H2,1-2H3,(H,11,12);1-2H3. The van der Waals surface area contributed by atoms with Crippen LogP contribution >= 0.6 is 0 Å². The van der Waals surface area contributed by atoms with Gasteiger partial charge in [0.2, 0.25) is 11.8 Å². The van der Waals surface area contributed by atoms with Crippen LogP contribution in [-0.4, -0.2) is 66.7 Å². The van der Waals surface area contributed by atoms with E-state index >= 15 is 0 Å². The van der Waals surface area contributed by atoms with Crippen molar-refractivity contribution in [1.29, 1.82) is 0 Å². The molecule has 3 amide bonds. The zero-order valence-electron chi connectivity index (χ0n) is 22.5. The summed E-state index contributed by atoms with van der Waals surface area (Å²) in [6, 6.07) is 0.578. The van der Waals surface area contributed by atoms with Gasteiger partial charge in [-0.25, -0.2) is 4.79 Å². The van der Waals surface area contributed by atoms with Crippen molar-refractivity contribution in [3.8, 4) is 0 Å². The Morgan fingerprint density at radius 1 is 0.818 bits per heavy atom. The number of likely N-dealkylation sites (tertiary alicyclic amines) is 1. The summed E-state index contributed by atoms with van der Waals surface area (Å²) in [5, 5.41) is 9.31. The van der Waals surface area contributed by atoms with Gasteiger partial charge in [0.1, 0.15) is 5.60 Å². The molecule has 33 heavy (non-hydrogen) atoms. The van der Waals surface area contributed by atoms with E-state index in [1.54, 1.807) is 4.90 Å². The Hall–Kier alpha value is -1.83. The monoisotopic (exact) mass is 470 g/mol. The van der Waals surface area contributed by atoms with E-state index in [0.29, 0.717) is 19.1 Å². The molecule has 0 radical (unpaired) electrons. The van der Waals surface area contributed by atoms with E-state index in [2.05, 4.69) is 16.0 Å². The predicted molar refractivity (Wildman–Crippen MR) is 134 cm³/mol. The third-order valence-electron chi connectivity index (χ3n) is 5.23. The van der Waals surface area contributed by atoms with Crippen molar-refractivity contribution in [2.75, 3.05) is 26.2 Å². The van der Waals surface area contributed by atoms with Gasteiger partial charge in [0, 0.05) is 37.0 Å². The van der Waals surface area contributed by atoms with Crippen molar-refractivity contribution in [2.24, 2.45) is 11.8 Å². The molecule has 0 unspecified atom stereocenters. The third-order valence-corrected chi connectivity index (χ3v) is 5.23. The topological polar surface area (TPSA) is 99.8 Å². The van der Waals surface area contributed by atoms with Gasteiger partial charge >= 0.3 is 6.09 Å². The highest BCUT2D eigenvalue weighted by molar-refractivity contribution is 5.78. The van der Waals surface area contributed by atoms with Crippen LogP contribution in [0, 0.1) is 11.8 Å². The molecule has 0 aromatic rings. The number of amides is 3. The van der Waals surface area contributed by atoms with Gasteiger partial charge in [-0.3, -0.25) is 9.59 Å². The summed E-state index contributed by atoms with van der Waals surface area (Å²) >= 11 is 0. The Morgan fingerprint density at radius 3 is 1.58 bits per heavy atom. The van der Waals surface area contributed by atoms with E-state index < -0.39 is 5.60 Å². The van der Waals surface area contributed by atoms with Gasteiger partial charge in [-0.2, -0.15) is 0 Å². The van der Waals surface area contributed by atoms with Crippen LogP contribution in [0.1, 0.15) is 88.0 Å². The van der Waals surface area contributed by atoms with E-state index in [1.165, 1.54) is 0 Å². The first-order valence-electron chi connectivity index (χ1n) is 12.7. The number of hydrogen-bond donors (Lipinski definition) is 3. The lowest BCUT2D eigenvalue weighted by Crippen LogP contribution is -2.48. The van der Waals surface area contributed by atoms with Crippen LogP contribution in [0.25, 0.3) is 0 Å². The van der Waals surface area contributed by atoms with Gasteiger partial charge in [-0.05, 0) is 59.5 Å². The molecule has 8 heteroatoms. The van der Waals surface area contributed by atoms with Gasteiger partial charge in [0.25, 0.3) is 0 Å². The predicted octanol–water partition coefficient (Wildman–Crippen LogP) is 3.69. The number of carbonyl (C=O) groups excluding carboxylic acids is 3. The maximum Gasteiger partial charge on any atom is 0.410 e. The van der Waals surface area contributed by atoms with E-state index in [1.807, 2.05) is 62.3 Å². The van der Waals surface area contributed by atoms with Crippen LogP contribution in [0.4, 0.5) is 4.79 Å². The molecule has 0 aliphatic carbocycles. The summed E-state index contributed by atoms with van der Waals surface area (Å²) in [5.74, 6) is 0.376. The van der Waals surface area contributed by atoms with Crippen molar-refractivity contribution < 1.29 is 19.1 Å². The van der Waals surface area contributed by atoms with Crippen LogP contribution in [-0.2, 0) is 14.3 Å². The van der Waals surface area contributed by atoms with Crippen molar-refractivity contribution in [1.82, 2.24) is 20.9 Å². The lowest BCUT2D eigenvalue weighted by molar-refractivity contribution is -0.125. The van der Waals surface area contributed by atoms with Crippen LogP contribution < -0.4 is 16.0 Å². The fraction of sp³-hybridized carbons (Fsp3) is 0.880. The van der Waals surface area contributed by atoms with Gasteiger partial charge < -0.3 is 25.6 Å². The number of nitrogens with zero attached hydrogens (tertiary/aromatic N) is 1. The summed E-state index contributed by atoms with van der Waals surface area (Å²) < 4.78 is 5.33. The van der Waals surface area contributed by atoms with Gasteiger partial charge in [0.05, 0.1) is 0 Å². The minimum Gasteiger partial charge on any atom is -0.444 e. The summed E-state index contributed by atoms with van der Waals surface area (Å²) in [6.45, 7) is 20.5. The second-order valence-corrected chi connectivity index (χ2v) is 10.1. The molecule has 3 N–H and O–H groups in total. The Bertz CT molecular complexity index is 573. The number of ether oxygens (including phenoxy) is 1. The van der Waals surface area contributed by atoms with Crippen molar-refractivity contribution in [3.05, 3.63) is 0 Å². The highest BCUT2D eigenvalue weighted by Gasteiger charge is 2.27. The zero-order chi connectivity index (χ0) is 25.6. The molecule has 2 fully saturated rings. The Morgan fingerprint density at radius 2 is 1.21 bits per heavy atom. The van der Waals surface area contributed by atoms with E-state index in [0.717, 1.165) is 38.8 Å². The summed E-state index contributed by atoms with van der Waals surface area (Å²) in [7, 11) is 0. The first-order valence-corrected chi connectivity index (χ1v) is 12.7. The van der Waals surface area contributed by atoms with Crippen LogP contribution in [0.15, 0.2) is 0 Å². The molecule has 0 spiro atoms. The molecule has 2 aliphatic rings. The first-order chi connectivity index (χ1) is 15.4. The molecule has 2 saturated heterocycles. The van der Waals surface area contributed by atoms with Crippen LogP contribution in [0.2, 0.25) is 0 Å². The quantitative estimate of drug-likeness (QED) is 0.582. The largest absolute Gasteiger partial charge is 0.444 e. The maximum atomic E-state index is 11.9. The molecule has 194 valence electrons. The van der Waals surface area contributed by atoms with Gasteiger partial charge in [-0.15, -0.1) is 0 Å². The second-order valence-electron chi connectivity index (χ2n) is 10.1. The van der Waals surface area contributed by atoms with Crippen molar-refractivity contribution in [2.45, 2.75) is 106 Å². The van der Waals surface area contributed by atoms with Crippen molar-refractivity contribution >= 4 is 17.9 Å². The van der Waals surface area contributed by atoms with E-state index in [4.69, 9.17) is 4.74 Å². The first kappa shape index (κ1) is 31.2. The van der Waals surface area contributed by atoms with E-state index in [-0.39, 0.29) is 35.8 Å². The average Bonchev–Trinajstić information content (AvgIpc) is 2.75. The molecule has 2 rings (SSSR count). The summed E-state index contributed by atoms with van der Waals surface area (Å²) in [4.78, 5) is 36.5. The summed E-state index contributed by atoms with van der Waals surface area (Å²) in [5.41, 5.74) is -0.459. The Kier molecular flexibility index (Phi) is 15.0. The highest BCUT2D eigenvalue weighted by atomic mass is 16.6. The Balaban J connectivity index is 0.000000627. The Labute approximate surface area is 202 Å². The smallest absolute Gasteiger partial charge is 0.410 e. The number of hydrogen-bond acceptors (Lipinski definition) is 5. The average molecular weight is 471 g/mol. The van der Waals surface area contributed by atoms with Crippen molar-refractivity contribution in [3.63, 3.8) is 0 Å². The van der Waals surface area contributed by atoms with Crippen LogP contribution in [0.3, 0.4) is 0 Å². The number of carbonyl (C=O) groups is 3. The van der Waals surface area contributed by atoms with Gasteiger partial charge in [0.15, 0.2) is 0 Å². The molecule has 8 nitrogen and oxygen atoms in total. The molecule has 2 aliphatic heterocycles. The molecule has 2 heterocycles. The normalized spacial score (nSPS) is 17.4. The fourth-order valence-corrected chi connectivity index (χ4v) is 3.23. The SMILES string of the molecule is CC.CC(C)C(=O)NC1CCN(C(=O)OC(C)(C)C)CC1.CC(C)C(=O)NC1CCNCC1. The molecule has 0 saturated carbocycles. The lowest BCUT2D eigenvalue weighted by atomic mass is 10.0. The lowest BCUT2D eigenvalue weighted by Gasteiger charge is -2.33. The molecule has 0 aromatic heterocycles. The molecular formula is C25H50N4O4.